The van der Waals surface area contributed by atoms with Crippen LogP contribution >= 0.6 is 11.8 Å². The first-order chi connectivity index (χ1) is 11.2. The van der Waals surface area contributed by atoms with E-state index in [1.165, 1.54) is 42.2 Å². The number of hydrogen-bond donors (Lipinski definition) is 2. The Kier molecular flexibility index (Phi) is 4.14. The molecule has 23 heavy (non-hydrogen) atoms. The smallest absolute Gasteiger partial charge is 0.127 e. The first kappa shape index (κ1) is 15.2. The van der Waals surface area contributed by atoms with Crippen LogP contribution in [0, 0.1) is 5.82 Å². The number of fused-ring (bicyclic) bond motifs is 2. The van der Waals surface area contributed by atoms with Gasteiger partial charge in [-0.1, -0.05) is 30.0 Å². The lowest BCUT2D eigenvalue weighted by Gasteiger charge is -2.33. The van der Waals surface area contributed by atoms with Crippen LogP contribution in [-0.2, 0) is 6.42 Å². The van der Waals surface area contributed by atoms with Crippen LogP contribution in [-0.4, -0.2) is 33.2 Å². The van der Waals surface area contributed by atoms with Gasteiger partial charge >= 0.3 is 0 Å². The van der Waals surface area contributed by atoms with Gasteiger partial charge in [-0.05, 0) is 29.8 Å². The van der Waals surface area contributed by atoms with Crippen molar-refractivity contribution >= 4 is 11.8 Å². The lowest BCUT2D eigenvalue weighted by atomic mass is 9.96. The fourth-order valence-electron chi connectivity index (χ4n) is 3.82. The quantitative estimate of drug-likeness (QED) is 0.793. The molecule has 4 heteroatoms. The number of hydrogen-bond acceptors (Lipinski definition) is 1. The van der Waals surface area contributed by atoms with Crippen LogP contribution in [0.1, 0.15) is 17.2 Å². The van der Waals surface area contributed by atoms with Crippen molar-refractivity contribution in [2.45, 2.75) is 22.3 Å². The molecule has 0 bridgehead atoms. The summed E-state index contributed by atoms with van der Waals surface area (Å²) in [6.07, 6.45) is 1.05. The number of quaternary nitrogens is 2. The van der Waals surface area contributed by atoms with Gasteiger partial charge in [0.15, 0.2) is 0 Å². The van der Waals surface area contributed by atoms with Gasteiger partial charge in [0, 0.05) is 21.8 Å². The monoisotopic (exact) mass is 330 g/mol. The maximum Gasteiger partial charge on any atom is 0.127 e. The predicted molar refractivity (Wildman–Crippen MR) is 90.7 cm³/mol. The van der Waals surface area contributed by atoms with Gasteiger partial charge in [-0.15, -0.1) is 0 Å². The molecular weight excluding hydrogens is 307 g/mol. The molecule has 0 aromatic heterocycles. The average molecular weight is 330 g/mol. The molecule has 2 heterocycles. The van der Waals surface area contributed by atoms with Crippen molar-refractivity contribution in [2.75, 3.05) is 33.2 Å². The predicted octanol–water partition coefficient (Wildman–Crippen LogP) is 0.987. The van der Waals surface area contributed by atoms with Crippen LogP contribution in [0.2, 0.25) is 0 Å². The Morgan fingerprint density at radius 2 is 1.78 bits per heavy atom. The molecule has 0 unspecified atom stereocenters. The molecular formula is C19H23FN2S+2. The Morgan fingerprint density at radius 1 is 1.00 bits per heavy atom. The summed E-state index contributed by atoms with van der Waals surface area (Å²) in [5.41, 5.74) is 2.72. The van der Waals surface area contributed by atoms with Crippen molar-refractivity contribution in [1.82, 2.24) is 0 Å². The van der Waals surface area contributed by atoms with Crippen LogP contribution in [0.3, 0.4) is 0 Å². The van der Waals surface area contributed by atoms with Crippen LogP contribution in [0.25, 0.3) is 0 Å². The van der Waals surface area contributed by atoms with Crippen LogP contribution in [0.15, 0.2) is 52.3 Å². The molecule has 120 valence electrons. The van der Waals surface area contributed by atoms with Gasteiger partial charge in [-0.25, -0.2) is 4.39 Å². The fourth-order valence-corrected chi connectivity index (χ4v) is 4.98. The zero-order valence-electron chi connectivity index (χ0n) is 13.4. The van der Waals surface area contributed by atoms with Gasteiger partial charge in [-0.2, -0.15) is 0 Å². The molecule has 1 saturated heterocycles. The topological polar surface area (TPSA) is 8.88 Å². The summed E-state index contributed by atoms with van der Waals surface area (Å²) in [7, 11) is 2.28. The summed E-state index contributed by atoms with van der Waals surface area (Å²) in [5.74, 6) is -0.132. The van der Waals surface area contributed by atoms with Crippen LogP contribution < -0.4 is 9.80 Å². The molecule has 2 nitrogen and oxygen atoms in total. The Hall–Kier alpha value is -1.36. The number of nitrogens with one attached hydrogen (secondary N) is 2. The molecule has 0 saturated carbocycles. The van der Waals surface area contributed by atoms with E-state index in [0.29, 0.717) is 6.04 Å². The second-order valence-electron chi connectivity index (χ2n) is 6.76. The van der Waals surface area contributed by atoms with Gasteiger partial charge in [0.1, 0.15) is 38.0 Å². The lowest BCUT2D eigenvalue weighted by molar-refractivity contribution is -1.02. The van der Waals surface area contributed by atoms with Crippen molar-refractivity contribution in [3.8, 4) is 0 Å². The summed E-state index contributed by atoms with van der Waals surface area (Å²) in [6, 6.07) is 14.4. The van der Waals surface area contributed by atoms with E-state index in [1.807, 2.05) is 6.07 Å². The van der Waals surface area contributed by atoms with E-state index in [4.69, 9.17) is 0 Å². The van der Waals surface area contributed by atoms with Gasteiger partial charge in [0.05, 0.1) is 7.05 Å². The van der Waals surface area contributed by atoms with Gasteiger partial charge in [-0.3, -0.25) is 0 Å². The zero-order valence-corrected chi connectivity index (χ0v) is 14.3. The molecule has 0 amide bonds. The number of rotatable bonds is 1. The molecule has 2 aliphatic heterocycles. The fraction of sp³-hybridized carbons (Fsp3) is 0.368. The molecule has 1 atom stereocenters. The van der Waals surface area contributed by atoms with Gasteiger partial charge in [0.25, 0.3) is 0 Å². The van der Waals surface area contributed by atoms with Gasteiger partial charge in [0.2, 0.25) is 0 Å². The Bertz CT molecular complexity index is 710. The largest absolute Gasteiger partial charge is 0.328 e. The second kappa shape index (κ2) is 6.27. The van der Waals surface area contributed by atoms with Crippen molar-refractivity contribution in [1.29, 1.82) is 0 Å². The van der Waals surface area contributed by atoms with E-state index < -0.39 is 0 Å². The van der Waals surface area contributed by atoms with Gasteiger partial charge < -0.3 is 9.80 Å². The number of benzene rings is 2. The molecule has 0 aliphatic carbocycles. The third-order valence-corrected chi connectivity index (χ3v) is 6.40. The third kappa shape index (κ3) is 3.03. The Labute approximate surface area is 141 Å². The van der Waals surface area contributed by atoms with E-state index in [0.717, 1.165) is 11.3 Å². The minimum Gasteiger partial charge on any atom is -0.328 e. The third-order valence-electron chi connectivity index (χ3n) is 5.21. The molecule has 2 N–H and O–H groups in total. The number of piperazine rings is 1. The highest BCUT2D eigenvalue weighted by Gasteiger charge is 2.33. The van der Waals surface area contributed by atoms with Crippen LogP contribution in [0.4, 0.5) is 4.39 Å². The Morgan fingerprint density at radius 3 is 2.61 bits per heavy atom. The molecule has 2 aliphatic rings. The van der Waals surface area contributed by atoms with Crippen molar-refractivity contribution in [3.63, 3.8) is 0 Å². The molecule has 0 spiro atoms. The highest BCUT2D eigenvalue weighted by molar-refractivity contribution is 7.99. The SMILES string of the molecule is C[NH+]1CC[NH+]([C@@H]2Cc3ccccc3Sc3cc(F)ccc32)CC1. The van der Waals surface area contributed by atoms with Crippen molar-refractivity contribution < 1.29 is 14.2 Å². The molecule has 2 aromatic rings. The lowest BCUT2D eigenvalue weighted by Crippen LogP contribution is -3.27. The molecule has 2 aromatic carbocycles. The normalized spacial score (nSPS) is 27.0. The minimum atomic E-state index is -0.132. The minimum absolute atomic E-state index is 0.132. The van der Waals surface area contributed by atoms with Crippen molar-refractivity contribution in [3.05, 3.63) is 59.4 Å². The highest BCUT2D eigenvalue weighted by atomic mass is 32.2. The summed E-state index contributed by atoms with van der Waals surface area (Å²) >= 11 is 1.73. The van der Waals surface area contributed by atoms with Crippen molar-refractivity contribution in [2.24, 2.45) is 0 Å². The molecule has 4 rings (SSSR count). The highest BCUT2D eigenvalue weighted by Crippen LogP contribution is 2.40. The zero-order chi connectivity index (χ0) is 15.8. The summed E-state index contributed by atoms with van der Waals surface area (Å²) in [6.45, 7) is 4.83. The van der Waals surface area contributed by atoms with E-state index >= 15 is 0 Å². The maximum absolute atomic E-state index is 13.8. The van der Waals surface area contributed by atoms with Crippen LogP contribution in [0.5, 0.6) is 0 Å². The first-order valence-corrected chi connectivity index (χ1v) is 9.23. The summed E-state index contributed by atoms with van der Waals surface area (Å²) in [5, 5.41) is 0. The number of halogens is 1. The standard InChI is InChI=1S/C19H21FN2S/c1-21-8-10-22(11-9-21)17-12-14-4-2-3-5-18(14)23-19-13-15(20)6-7-16(17)19/h2-7,13,17H,8-12H2,1H3/p+2/t17-/m1/s1. The number of likely N-dealkylation sites (N-methyl/N-ethyl adjacent to an activating group) is 1. The van der Waals surface area contributed by atoms with E-state index in [1.54, 1.807) is 33.7 Å². The van der Waals surface area contributed by atoms with E-state index in [2.05, 4.69) is 31.3 Å². The van der Waals surface area contributed by atoms with E-state index in [-0.39, 0.29) is 5.82 Å². The Balaban J connectivity index is 1.75. The second-order valence-corrected chi connectivity index (χ2v) is 7.85. The molecule has 1 fully saturated rings. The average Bonchev–Trinajstić information content (AvgIpc) is 2.71. The first-order valence-electron chi connectivity index (χ1n) is 8.42. The van der Waals surface area contributed by atoms with E-state index in [9.17, 15) is 4.39 Å². The molecule has 0 radical (unpaired) electrons. The maximum atomic E-state index is 13.8. The summed E-state index contributed by atoms with van der Waals surface area (Å²) < 4.78 is 13.8. The summed E-state index contributed by atoms with van der Waals surface area (Å²) in [4.78, 5) is 5.65.